The van der Waals surface area contributed by atoms with E-state index in [9.17, 15) is 4.79 Å². The van der Waals surface area contributed by atoms with Gasteiger partial charge in [-0.05, 0) is 58.3 Å². The highest BCUT2D eigenvalue weighted by Gasteiger charge is 2.27. The predicted octanol–water partition coefficient (Wildman–Crippen LogP) is 4.47. The van der Waals surface area contributed by atoms with Gasteiger partial charge in [-0.3, -0.25) is 4.79 Å². The van der Waals surface area contributed by atoms with Crippen LogP contribution in [-0.2, 0) is 16.0 Å². The van der Waals surface area contributed by atoms with Gasteiger partial charge in [0.2, 0.25) is 0 Å². The Kier molecular flexibility index (Phi) is 4.13. The van der Waals surface area contributed by atoms with Crippen LogP contribution >= 0.6 is 27.3 Å². The molecule has 1 aromatic heterocycles. The minimum atomic E-state index is -0.126. The van der Waals surface area contributed by atoms with Crippen molar-refractivity contribution in [3.63, 3.8) is 0 Å². The summed E-state index contributed by atoms with van der Waals surface area (Å²) in [4.78, 5) is 16.0. The van der Waals surface area contributed by atoms with Crippen molar-refractivity contribution in [3.8, 4) is 10.6 Å². The number of carbonyl (C=O) groups is 1. The van der Waals surface area contributed by atoms with Crippen molar-refractivity contribution < 1.29 is 9.53 Å². The van der Waals surface area contributed by atoms with Gasteiger partial charge in [0, 0.05) is 5.56 Å². The first-order chi connectivity index (χ1) is 10.1. The van der Waals surface area contributed by atoms with Crippen molar-refractivity contribution in [2.45, 2.75) is 32.1 Å². The molecule has 0 saturated heterocycles. The summed E-state index contributed by atoms with van der Waals surface area (Å²) in [7, 11) is 1.45. The van der Waals surface area contributed by atoms with Crippen molar-refractivity contribution in [2.24, 2.45) is 0 Å². The maximum atomic E-state index is 11.5. The van der Waals surface area contributed by atoms with E-state index in [0.29, 0.717) is 12.3 Å². The predicted molar refractivity (Wildman–Crippen MR) is 87.7 cm³/mol. The molecule has 0 unspecified atom stereocenters. The van der Waals surface area contributed by atoms with Crippen molar-refractivity contribution in [2.75, 3.05) is 7.11 Å². The van der Waals surface area contributed by atoms with E-state index in [1.165, 1.54) is 29.4 Å². The Hall–Kier alpha value is -1.20. The number of esters is 1. The van der Waals surface area contributed by atoms with Crippen LogP contribution in [0.2, 0.25) is 0 Å². The molecule has 2 aromatic rings. The molecule has 0 saturated carbocycles. The molecule has 0 N–H and O–H groups in total. The summed E-state index contributed by atoms with van der Waals surface area (Å²) >= 11 is 5.11. The minimum absolute atomic E-state index is 0.126. The molecule has 110 valence electrons. The van der Waals surface area contributed by atoms with E-state index in [4.69, 9.17) is 4.74 Å². The topological polar surface area (TPSA) is 39.2 Å². The minimum Gasteiger partial charge on any atom is -0.469 e. The molecule has 0 bridgehead atoms. The van der Waals surface area contributed by atoms with Crippen molar-refractivity contribution in [3.05, 3.63) is 38.8 Å². The fourth-order valence-electron chi connectivity index (χ4n) is 3.07. The van der Waals surface area contributed by atoms with Crippen LogP contribution in [0.25, 0.3) is 10.6 Å². The lowest BCUT2D eigenvalue weighted by atomic mass is 9.94. The maximum Gasteiger partial charge on any atom is 0.306 e. The molecule has 1 aliphatic carbocycles. The monoisotopic (exact) mass is 365 g/mol. The van der Waals surface area contributed by atoms with E-state index in [1.807, 2.05) is 6.20 Å². The van der Waals surface area contributed by atoms with Gasteiger partial charge in [-0.15, -0.1) is 11.3 Å². The molecular formula is C16H16BrNO2S. The molecule has 0 radical (unpaired) electrons. The summed E-state index contributed by atoms with van der Waals surface area (Å²) in [6, 6.07) is 4.29. The number of benzene rings is 1. The molecule has 1 aliphatic rings. The second-order valence-corrected chi connectivity index (χ2v) is 7.70. The molecule has 3 nitrogen and oxygen atoms in total. The Balaban J connectivity index is 1.95. The number of halogens is 1. The number of carbonyl (C=O) groups excluding carboxylic acids is 1. The van der Waals surface area contributed by atoms with Crippen molar-refractivity contribution >= 4 is 33.2 Å². The van der Waals surface area contributed by atoms with Gasteiger partial charge in [-0.2, -0.15) is 0 Å². The molecule has 1 atom stereocenters. The normalized spacial score (nSPS) is 16.8. The first kappa shape index (κ1) is 14.7. The van der Waals surface area contributed by atoms with Gasteiger partial charge < -0.3 is 4.74 Å². The lowest BCUT2D eigenvalue weighted by molar-refractivity contribution is -0.141. The van der Waals surface area contributed by atoms with Crippen LogP contribution in [-0.4, -0.2) is 18.1 Å². The molecule has 21 heavy (non-hydrogen) atoms. The summed E-state index contributed by atoms with van der Waals surface area (Å²) in [5, 5.41) is 1.04. The largest absolute Gasteiger partial charge is 0.469 e. The van der Waals surface area contributed by atoms with E-state index in [2.05, 4.69) is 40.0 Å². The van der Waals surface area contributed by atoms with Crippen LogP contribution in [0.4, 0.5) is 0 Å². The van der Waals surface area contributed by atoms with Crippen molar-refractivity contribution in [1.29, 1.82) is 0 Å². The molecule has 1 heterocycles. The van der Waals surface area contributed by atoms with Gasteiger partial charge >= 0.3 is 5.97 Å². The highest BCUT2D eigenvalue weighted by molar-refractivity contribution is 9.11. The Morgan fingerprint density at radius 1 is 1.52 bits per heavy atom. The van der Waals surface area contributed by atoms with Gasteiger partial charge in [0.1, 0.15) is 5.01 Å². The number of hydrogen-bond donors (Lipinski definition) is 0. The fraction of sp³-hybridized carbons (Fsp3) is 0.375. The van der Waals surface area contributed by atoms with Crippen LogP contribution in [0.5, 0.6) is 0 Å². The Labute approximate surface area is 136 Å². The molecule has 3 rings (SSSR count). The van der Waals surface area contributed by atoms with Gasteiger partial charge in [0.05, 0.1) is 23.5 Å². The average molecular weight is 366 g/mol. The summed E-state index contributed by atoms with van der Waals surface area (Å²) in [6.07, 6.45) is 4.37. The summed E-state index contributed by atoms with van der Waals surface area (Å²) in [6.45, 7) is 2.16. The molecule has 0 spiro atoms. The third kappa shape index (κ3) is 2.77. The first-order valence-electron chi connectivity index (χ1n) is 6.91. The lowest BCUT2D eigenvalue weighted by Crippen LogP contribution is -2.06. The lowest BCUT2D eigenvalue weighted by Gasteiger charge is -2.13. The SMILES string of the molecule is COC(=O)C[C@H]1CCc2c1ccc(-c1ncc(Br)s1)c2C. The number of aromatic nitrogens is 1. The van der Waals surface area contributed by atoms with E-state index in [0.717, 1.165) is 21.6 Å². The van der Waals surface area contributed by atoms with E-state index >= 15 is 0 Å². The van der Waals surface area contributed by atoms with Crippen LogP contribution in [0.3, 0.4) is 0 Å². The van der Waals surface area contributed by atoms with E-state index in [1.54, 1.807) is 11.3 Å². The summed E-state index contributed by atoms with van der Waals surface area (Å²) < 4.78 is 5.84. The van der Waals surface area contributed by atoms with Crippen molar-refractivity contribution in [1.82, 2.24) is 4.98 Å². The van der Waals surface area contributed by atoms with Crippen LogP contribution in [0, 0.1) is 6.92 Å². The zero-order chi connectivity index (χ0) is 15.0. The molecule has 1 aromatic carbocycles. The molecule has 0 amide bonds. The standard InChI is InChI=1S/C16H16BrNO2S/c1-9-11-4-3-10(7-15(19)20-2)13(11)6-5-12(9)16-18-8-14(17)21-16/h5-6,8,10H,3-4,7H2,1-2H3/t10-/m1/s1. The second-order valence-electron chi connectivity index (χ2n) is 5.29. The fourth-order valence-corrected chi connectivity index (χ4v) is 4.36. The Morgan fingerprint density at radius 2 is 2.33 bits per heavy atom. The number of fused-ring (bicyclic) bond motifs is 1. The maximum absolute atomic E-state index is 11.5. The van der Waals surface area contributed by atoms with Crippen LogP contribution < -0.4 is 0 Å². The third-order valence-corrected chi connectivity index (χ3v) is 5.68. The number of hydrogen-bond acceptors (Lipinski definition) is 4. The second kappa shape index (κ2) is 5.89. The summed E-state index contributed by atoms with van der Waals surface area (Å²) in [5.41, 5.74) is 5.18. The molecule has 0 aliphatic heterocycles. The van der Waals surface area contributed by atoms with Crippen LogP contribution in [0.1, 0.15) is 35.4 Å². The third-order valence-electron chi connectivity index (χ3n) is 4.17. The van der Waals surface area contributed by atoms with Gasteiger partial charge in [-0.25, -0.2) is 4.98 Å². The highest BCUT2D eigenvalue weighted by Crippen LogP contribution is 2.41. The van der Waals surface area contributed by atoms with E-state index in [-0.39, 0.29) is 5.97 Å². The molecular weight excluding hydrogens is 350 g/mol. The Bertz CT molecular complexity index is 696. The molecule has 0 fully saturated rings. The molecule has 5 heteroatoms. The van der Waals surface area contributed by atoms with Crippen LogP contribution in [0.15, 0.2) is 22.1 Å². The number of thiazole rings is 1. The Morgan fingerprint density at radius 3 is 3.00 bits per heavy atom. The smallest absolute Gasteiger partial charge is 0.306 e. The van der Waals surface area contributed by atoms with Gasteiger partial charge in [-0.1, -0.05) is 12.1 Å². The highest BCUT2D eigenvalue weighted by atomic mass is 79.9. The number of methoxy groups -OCH3 is 1. The number of nitrogens with zero attached hydrogens (tertiary/aromatic N) is 1. The first-order valence-corrected chi connectivity index (χ1v) is 8.52. The number of ether oxygens (including phenoxy) is 1. The number of rotatable bonds is 3. The zero-order valence-electron chi connectivity index (χ0n) is 12.0. The zero-order valence-corrected chi connectivity index (χ0v) is 14.4. The quantitative estimate of drug-likeness (QED) is 0.753. The van der Waals surface area contributed by atoms with E-state index < -0.39 is 0 Å². The average Bonchev–Trinajstić information content (AvgIpc) is 3.07. The van der Waals surface area contributed by atoms with Gasteiger partial charge in [0.15, 0.2) is 0 Å². The summed E-state index contributed by atoms with van der Waals surface area (Å²) in [5.74, 6) is 0.168. The van der Waals surface area contributed by atoms with Gasteiger partial charge in [0.25, 0.3) is 0 Å².